The number of nitrogens with zero attached hydrogens (tertiary/aromatic N) is 1. The van der Waals surface area contributed by atoms with E-state index in [0.717, 1.165) is 6.42 Å². The molecular weight excluding hydrogens is 228 g/mol. The van der Waals surface area contributed by atoms with Gasteiger partial charge in [0, 0.05) is 6.54 Å². The third kappa shape index (κ3) is 6.27. The summed E-state index contributed by atoms with van der Waals surface area (Å²) < 4.78 is 0. The number of aliphatic hydroxyl groups is 5. The monoisotopic (exact) mass is 252 g/mol. The molecule has 0 bridgehead atoms. The molecule has 0 aliphatic carbocycles. The highest BCUT2D eigenvalue weighted by Gasteiger charge is 2.30. The lowest BCUT2D eigenvalue weighted by Crippen LogP contribution is -2.49. The molecule has 0 spiro atoms. The van der Waals surface area contributed by atoms with Crippen molar-refractivity contribution in [3.8, 4) is 0 Å². The molecule has 0 aromatic rings. The lowest BCUT2D eigenvalue weighted by Gasteiger charge is -2.28. The summed E-state index contributed by atoms with van der Waals surface area (Å²) in [6.45, 7) is 0.679. The number of nitrogens with two attached hydrogens (primary N) is 1. The van der Waals surface area contributed by atoms with E-state index in [-0.39, 0.29) is 6.54 Å². The minimum atomic E-state index is -1.57. The van der Waals surface area contributed by atoms with Gasteiger partial charge in [0.05, 0.1) is 12.7 Å². The van der Waals surface area contributed by atoms with Crippen LogP contribution in [-0.4, -0.2) is 88.1 Å². The van der Waals surface area contributed by atoms with Crippen molar-refractivity contribution in [3.63, 3.8) is 0 Å². The van der Waals surface area contributed by atoms with Gasteiger partial charge in [0.1, 0.15) is 18.3 Å². The second-order valence-electron chi connectivity index (χ2n) is 4.20. The first kappa shape index (κ1) is 16.7. The predicted octanol–water partition coefficient (Wildman–Crippen LogP) is -3.30. The summed E-state index contributed by atoms with van der Waals surface area (Å²) >= 11 is 0. The Hall–Kier alpha value is -0.280. The molecule has 0 unspecified atom stereocenters. The van der Waals surface area contributed by atoms with Crippen LogP contribution in [0.4, 0.5) is 0 Å². The van der Waals surface area contributed by atoms with Gasteiger partial charge in [-0.2, -0.15) is 0 Å². The molecule has 0 aromatic heterocycles. The fraction of sp³-hybridized carbons (Fsp3) is 1.00. The standard InChI is InChI=1S/C10H24N2O5/c1-12(4-2-3-11)5-7(14)9(16)10(17)8(15)6-13/h7-10,13-17H,2-6,11H2,1H3/t7-,8+,9+,10+/m0/s1. The van der Waals surface area contributed by atoms with Crippen LogP contribution in [-0.2, 0) is 0 Å². The van der Waals surface area contributed by atoms with E-state index in [4.69, 9.17) is 15.9 Å². The van der Waals surface area contributed by atoms with Crippen LogP contribution in [0.25, 0.3) is 0 Å². The van der Waals surface area contributed by atoms with Crippen molar-refractivity contribution in [2.45, 2.75) is 30.8 Å². The van der Waals surface area contributed by atoms with Crippen LogP contribution in [0, 0.1) is 0 Å². The maximum absolute atomic E-state index is 9.63. The normalized spacial score (nSPS) is 19.1. The van der Waals surface area contributed by atoms with Crippen molar-refractivity contribution < 1.29 is 25.5 Å². The molecule has 7 nitrogen and oxygen atoms in total. The molecule has 7 heteroatoms. The third-order valence-corrected chi connectivity index (χ3v) is 2.57. The van der Waals surface area contributed by atoms with Gasteiger partial charge in [-0.1, -0.05) is 0 Å². The molecule has 0 fully saturated rings. The average molecular weight is 252 g/mol. The number of likely N-dealkylation sites (N-methyl/N-ethyl adjacent to an activating group) is 1. The summed E-state index contributed by atoms with van der Waals surface area (Å²) in [6, 6.07) is 0. The van der Waals surface area contributed by atoms with E-state index in [1.54, 1.807) is 11.9 Å². The molecule has 0 aromatic carbocycles. The third-order valence-electron chi connectivity index (χ3n) is 2.57. The number of hydrogen-bond acceptors (Lipinski definition) is 7. The fourth-order valence-corrected chi connectivity index (χ4v) is 1.44. The largest absolute Gasteiger partial charge is 0.394 e. The number of hydrogen-bond donors (Lipinski definition) is 6. The van der Waals surface area contributed by atoms with E-state index in [9.17, 15) is 15.3 Å². The smallest absolute Gasteiger partial charge is 0.111 e. The van der Waals surface area contributed by atoms with Gasteiger partial charge in [-0.25, -0.2) is 0 Å². The first-order valence-corrected chi connectivity index (χ1v) is 5.65. The Balaban J connectivity index is 4.07. The zero-order valence-corrected chi connectivity index (χ0v) is 10.1. The highest BCUT2D eigenvalue weighted by molar-refractivity contribution is 4.81. The summed E-state index contributed by atoms with van der Waals surface area (Å²) in [7, 11) is 1.75. The average Bonchev–Trinajstić information content (AvgIpc) is 2.33. The molecule has 0 aliphatic rings. The van der Waals surface area contributed by atoms with Crippen molar-refractivity contribution in [2.24, 2.45) is 5.73 Å². The topological polar surface area (TPSA) is 130 Å². The van der Waals surface area contributed by atoms with E-state index in [1.807, 2.05) is 0 Å². The summed E-state index contributed by atoms with van der Waals surface area (Å²) in [4.78, 5) is 1.76. The van der Waals surface area contributed by atoms with Gasteiger partial charge in [0.2, 0.25) is 0 Å². The van der Waals surface area contributed by atoms with Gasteiger partial charge in [0.25, 0.3) is 0 Å². The molecule has 0 rings (SSSR count). The van der Waals surface area contributed by atoms with Gasteiger partial charge in [-0.15, -0.1) is 0 Å². The Morgan fingerprint density at radius 1 is 1.06 bits per heavy atom. The lowest BCUT2D eigenvalue weighted by molar-refractivity contribution is -0.118. The van der Waals surface area contributed by atoms with Crippen molar-refractivity contribution in [1.82, 2.24) is 4.90 Å². The SMILES string of the molecule is CN(CCCN)C[C@H](O)[C@@H](O)[C@H](O)[C@H](O)CO. The highest BCUT2D eigenvalue weighted by Crippen LogP contribution is 2.06. The molecular formula is C10H24N2O5. The molecule has 0 saturated heterocycles. The molecule has 4 atom stereocenters. The van der Waals surface area contributed by atoms with Crippen LogP contribution in [0.3, 0.4) is 0 Å². The molecule has 0 aliphatic heterocycles. The molecule has 0 radical (unpaired) electrons. The molecule has 0 heterocycles. The predicted molar refractivity (Wildman–Crippen MR) is 62.3 cm³/mol. The van der Waals surface area contributed by atoms with Gasteiger partial charge >= 0.3 is 0 Å². The van der Waals surface area contributed by atoms with Crippen LogP contribution in [0.5, 0.6) is 0 Å². The summed E-state index contributed by atoms with van der Waals surface area (Å²) in [5.41, 5.74) is 5.33. The van der Waals surface area contributed by atoms with Crippen LogP contribution in [0.1, 0.15) is 6.42 Å². The number of rotatable bonds is 9. The van der Waals surface area contributed by atoms with Crippen molar-refractivity contribution in [3.05, 3.63) is 0 Å². The second-order valence-corrected chi connectivity index (χ2v) is 4.20. The van der Waals surface area contributed by atoms with E-state index in [1.165, 1.54) is 0 Å². The quantitative estimate of drug-likeness (QED) is 0.253. The Morgan fingerprint density at radius 3 is 2.06 bits per heavy atom. The first-order chi connectivity index (χ1) is 7.93. The summed E-state index contributed by atoms with van der Waals surface area (Å²) in [6.07, 6.45) is -4.97. The summed E-state index contributed by atoms with van der Waals surface area (Å²) in [5.74, 6) is 0. The zero-order chi connectivity index (χ0) is 13.4. The first-order valence-electron chi connectivity index (χ1n) is 5.65. The zero-order valence-electron chi connectivity index (χ0n) is 10.1. The van der Waals surface area contributed by atoms with Crippen LogP contribution in [0.15, 0.2) is 0 Å². The van der Waals surface area contributed by atoms with Gasteiger partial charge in [0.15, 0.2) is 0 Å². The highest BCUT2D eigenvalue weighted by atomic mass is 16.4. The minimum absolute atomic E-state index is 0.149. The molecule has 0 saturated carbocycles. The molecule has 7 N–H and O–H groups in total. The van der Waals surface area contributed by atoms with Crippen LogP contribution < -0.4 is 5.73 Å². The van der Waals surface area contributed by atoms with E-state index >= 15 is 0 Å². The lowest BCUT2D eigenvalue weighted by atomic mass is 10.0. The fourth-order valence-electron chi connectivity index (χ4n) is 1.44. The van der Waals surface area contributed by atoms with Crippen molar-refractivity contribution in [1.29, 1.82) is 0 Å². The molecule has 104 valence electrons. The van der Waals surface area contributed by atoms with E-state index < -0.39 is 31.0 Å². The van der Waals surface area contributed by atoms with Crippen molar-refractivity contribution in [2.75, 3.05) is 33.3 Å². The molecule has 0 amide bonds. The maximum Gasteiger partial charge on any atom is 0.111 e. The number of aliphatic hydroxyl groups excluding tert-OH is 5. The van der Waals surface area contributed by atoms with Crippen LogP contribution in [0.2, 0.25) is 0 Å². The Bertz CT molecular complexity index is 196. The van der Waals surface area contributed by atoms with Gasteiger partial charge in [-0.05, 0) is 26.6 Å². The van der Waals surface area contributed by atoms with E-state index in [2.05, 4.69) is 0 Å². The van der Waals surface area contributed by atoms with Gasteiger partial charge < -0.3 is 36.2 Å². The van der Waals surface area contributed by atoms with Crippen molar-refractivity contribution >= 4 is 0 Å². The maximum atomic E-state index is 9.63. The minimum Gasteiger partial charge on any atom is -0.394 e. The Labute approximate surface area is 101 Å². The van der Waals surface area contributed by atoms with Gasteiger partial charge in [-0.3, -0.25) is 0 Å². The van der Waals surface area contributed by atoms with Crippen LogP contribution >= 0.6 is 0 Å². The summed E-state index contributed by atoms with van der Waals surface area (Å²) in [5, 5.41) is 46.3. The second kappa shape index (κ2) is 8.76. The molecule has 17 heavy (non-hydrogen) atoms. The Morgan fingerprint density at radius 2 is 1.59 bits per heavy atom. The Kier molecular flexibility index (Phi) is 8.61. The van der Waals surface area contributed by atoms with E-state index in [0.29, 0.717) is 13.1 Å².